The Labute approximate surface area is 178 Å². The fourth-order valence-electron chi connectivity index (χ4n) is 2.54. The molecule has 8 nitrogen and oxygen atoms in total. The van der Waals surface area contributed by atoms with Crippen molar-refractivity contribution >= 4 is 51.3 Å². The van der Waals surface area contributed by atoms with Gasteiger partial charge in [0.2, 0.25) is 0 Å². The van der Waals surface area contributed by atoms with Crippen LogP contribution in [0, 0.1) is 10.1 Å². The molecule has 4 rings (SSSR count). The number of nitrogens with zero attached hydrogens (tertiary/aromatic N) is 3. The second-order valence-electron chi connectivity index (χ2n) is 6.07. The van der Waals surface area contributed by atoms with Crippen molar-refractivity contribution in [2.75, 3.05) is 0 Å². The molecule has 0 fully saturated rings. The molecule has 0 aliphatic heterocycles. The molecule has 0 atom stereocenters. The minimum absolute atomic E-state index is 0.171. The van der Waals surface area contributed by atoms with Crippen LogP contribution in [-0.4, -0.2) is 22.0 Å². The van der Waals surface area contributed by atoms with E-state index in [0.717, 1.165) is 25.9 Å². The van der Waals surface area contributed by atoms with Gasteiger partial charge in [-0.1, -0.05) is 36.0 Å². The lowest BCUT2D eigenvalue weighted by atomic mass is 10.1. The summed E-state index contributed by atoms with van der Waals surface area (Å²) in [5, 5.41) is 14.3. The highest BCUT2D eigenvalue weighted by Gasteiger charge is 2.11. The molecule has 0 bridgehead atoms. The molecule has 0 saturated carbocycles. The number of nitro groups is 1. The Hall–Kier alpha value is -3.50. The van der Waals surface area contributed by atoms with Crippen LogP contribution in [-0.2, 0) is 5.75 Å². The Kier molecular flexibility index (Phi) is 5.87. The van der Waals surface area contributed by atoms with Gasteiger partial charge in [-0.15, -0.1) is 11.3 Å². The molecule has 2 aromatic heterocycles. The molecule has 30 heavy (non-hydrogen) atoms. The zero-order valence-electron chi connectivity index (χ0n) is 15.3. The highest BCUT2D eigenvalue weighted by atomic mass is 32.2. The molecule has 4 aromatic rings. The number of furan rings is 1. The van der Waals surface area contributed by atoms with Crippen molar-refractivity contribution in [1.29, 1.82) is 0 Å². The topological polar surface area (TPSA) is 111 Å². The van der Waals surface area contributed by atoms with E-state index < -0.39 is 10.8 Å². The summed E-state index contributed by atoms with van der Waals surface area (Å²) in [7, 11) is 0. The van der Waals surface area contributed by atoms with Crippen molar-refractivity contribution in [3.8, 4) is 0 Å². The van der Waals surface area contributed by atoms with E-state index in [-0.39, 0.29) is 11.6 Å². The summed E-state index contributed by atoms with van der Waals surface area (Å²) in [5.41, 5.74) is 4.89. The van der Waals surface area contributed by atoms with Crippen molar-refractivity contribution < 1.29 is 14.1 Å². The number of rotatable bonds is 7. The van der Waals surface area contributed by atoms with Gasteiger partial charge < -0.3 is 4.42 Å². The first-order valence-corrected chi connectivity index (χ1v) is 10.5. The number of hydrogen-bond acceptors (Lipinski definition) is 8. The third kappa shape index (κ3) is 4.73. The van der Waals surface area contributed by atoms with Gasteiger partial charge in [0.05, 0.1) is 22.5 Å². The standard InChI is InChI=1S/C20H14N4O4S2/c25-19(23-21-11-15-9-10-18(28-15)24(26)27)14-7-5-13(6-8-14)12-29-20-22-16-3-1-2-4-17(16)30-20/h1-11H,12H2,(H,23,25)/b21-11+. The molecule has 1 N–H and O–H groups in total. The lowest BCUT2D eigenvalue weighted by Crippen LogP contribution is -2.17. The molecule has 2 aromatic carbocycles. The molecule has 0 aliphatic carbocycles. The highest BCUT2D eigenvalue weighted by Crippen LogP contribution is 2.31. The predicted octanol–water partition coefficient (Wildman–Crippen LogP) is 4.85. The van der Waals surface area contributed by atoms with Crippen molar-refractivity contribution in [1.82, 2.24) is 10.4 Å². The van der Waals surface area contributed by atoms with Crippen LogP contribution in [0.4, 0.5) is 5.88 Å². The Balaban J connectivity index is 1.31. The molecular weight excluding hydrogens is 424 g/mol. The van der Waals surface area contributed by atoms with Crippen LogP contribution in [0.5, 0.6) is 0 Å². The number of hydrazone groups is 1. The number of aromatic nitrogens is 1. The number of para-hydroxylation sites is 1. The number of fused-ring (bicyclic) bond motifs is 1. The van der Waals surface area contributed by atoms with Crippen molar-refractivity contribution in [2.45, 2.75) is 10.1 Å². The Bertz CT molecular complexity index is 1200. The minimum Gasteiger partial charge on any atom is -0.400 e. The zero-order chi connectivity index (χ0) is 20.9. The molecule has 0 unspecified atom stereocenters. The monoisotopic (exact) mass is 438 g/mol. The maximum atomic E-state index is 12.2. The van der Waals surface area contributed by atoms with Crippen molar-refractivity contribution in [2.24, 2.45) is 5.10 Å². The average molecular weight is 438 g/mol. The Morgan fingerprint density at radius 1 is 1.20 bits per heavy atom. The first-order chi connectivity index (χ1) is 14.6. The minimum atomic E-state index is -0.646. The number of thioether (sulfide) groups is 1. The summed E-state index contributed by atoms with van der Waals surface area (Å²) in [5.74, 6) is 0.140. The van der Waals surface area contributed by atoms with Gasteiger partial charge in [0.15, 0.2) is 10.1 Å². The number of hydrogen-bond donors (Lipinski definition) is 1. The normalized spacial score (nSPS) is 11.2. The molecule has 10 heteroatoms. The van der Waals surface area contributed by atoms with Gasteiger partial charge in [-0.05, 0) is 35.9 Å². The van der Waals surface area contributed by atoms with E-state index in [1.54, 1.807) is 35.2 Å². The van der Waals surface area contributed by atoms with Gasteiger partial charge in [0, 0.05) is 11.3 Å². The highest BCUT2D eigenvalue weighted by molar-refractivity contribution is 8.00. The second-order valence-corrected chi connectivity index (χ2v) is 8.32. The first-order valence-electron chi connectivity index (χ1n) is 8.73. The van der Waals surface area contributed by atoms with Crippen LogP contribution in [0.2, 0.25) is 0 Å². The number of amides is 1. The summed E-state index contributed by atoms with van der Waals surface area (Å²) < 4.78 is 7.09. The molecule has 150 valence electrons. The van der Waals surface area contributed by atoms with Crippen LogP contribution >= 0.6 is 23.1 Å². The predicted molar refractivity (Wildman–Crippen MR) is 116 cm³/mol. The van der Waals surface area contributed by atoms with E-state index in [1.807, 2.05) is 30.3 Å². The molecule has 0 radical (unpaired) electrons. The molecular formula is C20H14N4O4S2. The fourth-order valence-corrected chi connectivity index (χ4v) is 4.56. The van der Waals surface area contributed by atoms with E-state index in [4.69, 9.17) is 4.42 Å². The zero-order valence-corrected chi connectivity index (χ0v) is 17.0. The summed E-state index contributed by atoms with van der Waals surface area (Å²) in [6, 6.07) is 17.8. The lowest BCUT2D eigenvalue weighted by molar-refractivity contribution is -0.402. The largest absolute Gasteiger partial charge is 0.433 e. The van der Waals surface area contributed by atoms with Gasteiger partial charge >= 0.3 is 5.88 Å². The molecule has 1 amide bonds. The van der Waals surface area contributed by atoms with Gasteiger partial charge in [-0.3, -0.25) is 14.9 Å². The number of nitrogens with one attached hydrogen (secondary N) is 1. The van der Waals surface area contributed by atoms with Gasteiger partial charge in [-0.25, -0.2) is 10.4 Å². The summed E-state index contributed by atoms with van der Waals surface area (Å²) >= 11 is 3.32. The number of carbonyl (C=O) groups excluding carboxylic acids is 1. The van der Waals surface area contributed by atoms with Crippen LogP contribution in [0.25, 0.3) is 10.2 Å². The van der Waals surface area contributed by atoms with Gasteiger partial charge in [0.1, 0.15) is 4.92 Å². The number of thiazole rings is 1. The molecule has 0 aliphatic rings. The number of carbonyl (C=O) groups is 1. The molecule has 0 saturated heterocycles. The quantitative estimate of drug-likeness (QED) is 0.191. The second kappa shape index (κ2) is 8.89. The van der Waals surface area contributed by atoms with Gasteiger partial charge in [0.25, 0.3) is 5.91 Å². The lowest BCUT2D eigenvalue weighted by Gasteiger charge is -2.02. The van der Waals surface area contributed by atoms with Crippen LogP contribution in [0.3, 0.4) is 0 Å². The average Bonchev–Trinajstić information content (AvgIpc) is 3.39. The third-order valence-corrected chi connectivity index (χ3v) is 6.25. The van der Waals surface area contributed by atoms with Crippen molar-refractivity contribution in [3.63, 3.8) is 0 Å². The van der Waals surface area contributed by atoms with Crippen LogP contribution in [0.1, 0.15) is 21.7 Å². The fraction of sp³-hybridized carbons (Fsp3) is 0.0500. The maximum Gasteiger partial charge on any atom is 0.433 e. The summed E-state index contributed by atoms with van der Waals surface area (Å²) in [6.45, 7) is 0. The maximum absolute atomic E-state index is 12.2. The van der Waals surface area contributed by atoms with Crippen LogP contribution < -0.4 is 5.43 Å². The van der Waals surface area contributed by atoms with Gasteiger partial charge in [-0.2, -0.15) is 5.10 Å². The number of benzene rings is 2. The first kappa shape index (κ1) is 19.8. The Morgan fingerprint density at radius 3 is 2.73 bits per heavy atom. The van der Waals surface area contributed by atoms with E-state index in [9.17, 15) is 14.9 Å². The smallest absolute Gasteiger partial charge is 0.400 e. The van der Waals surface area contributed by atoms with E-state index in [2.05, 4.69) is 21.6 Å². The SMILES string of the molecule is O=C(N/N=C/c1ccc([N+](=O)[O-])o1)c1ccc(CSc2nc3ccccc3s2)cc1. The molecule has 2 heterocycles. The Morgan fingerprint density at radius 2 is 2.00 bits per heavy atom. The third-order valence-electron chi connectivity index (χ3n) is 4.00. The summed E-state index contributed by atoms with van der Waals surface area (Å²) in [4.78, 5) is 26.7. The summed E-state index contributed by atoms with van der Waals surface area (Å²) in [6.07, 6.45) is 1.20. The van der Waals surface area contributed by atoms with Crippen molar-refractivity contribution in [3.05, 3.63) is 87.7 Å². The van der Waals surface area contributed by atoms with E-state index in [1.165, 1.54) is 18.3 Å². The molecule has 0 spiro atoms. The van der Waals surface area contributed by atoms with E-state index in [0.29, 0.717) is 5.56 Å². The van der Waals surface area contributed by atoms with E-state index >= 15 is 0 Å². The van der Waals surface area contributed by atoms with Crippen LogP contribution in [0.15, 0.2) is 74.5 Å².